The normalized spacial score (nSPS) is 15.8. The number of hydrogen-bond acceptors (Lipinski definition) is 4. The first-order valence-corrected chi connectivity index (χ1v) is 7.24. The molecule has 0 aliphatic heterocycles. The van der Waals surface area contributed by atoms with Crippen LogP contribution >= 0.6 is 0 Å². The molecule has 1 fully saturated rings. The lowest BCUT2D eigenvalue weighted by molar-refractivity contribution is -0.134. The lowest BCUT2D eigenvalue weighted by atomic mass is 10.2. The maximum absolute atomic E-state index is 12.5. The number of nitrogens with two attached hydrogens (primary N) is 1. The number of aryl methyl sites for hydroxylation is 1. The molecule has 1 aliphatic carbocycles. The van der Waals surface area contributed by atoms with E-state index in [0.29, 0.717) is 12.2 Å². The maximum Gasteiger partial charge on any atom is 0.244 e. The third-order valence-electron chi connectivity index (χ3n) is 4.15. The molecule has 20 heavy (non-hydrogen) atoms. The summed E-state index contributed by atoms with van der Waals surface area (Å²) in [5, 5.41) is 13.5. The first-order chi connectivity index (χ1) is 9.54. The molecule has 1 aromatic heterocycles. The van der Waals surface area contributed by atoms with Crippen LogP contribution in [0.3, 0.4) is 0 Å². The van der Waals surface area contributed by atoms with Crippen molar-refractivity contribution < 1.29 is 9.90 Å². The summed E-state index contributed by atoms with van der Waals surface area (Å²) >= 11 is 0. The van der Waals surface area contributed by atoms with Gasteiger partial charge in [-0.2, -0.15) is 5.10 Å². The van der Waals surface area contributed by atoms with Crippen molar-refractivity contribution in [2.75, 3.05) is 18.9 Å². The van der Waals surface area contributed by atoms with Gasteiger partial charge in [-0.05, 0) is 26.7 Å². The minimum atomic E-state index is 0.00148. The average Bonchev–Trinajstić information content (AvgIpc) is 3.02. The minimum absolute atomic E-state index is 0.00148. The van der Waals surface area contributed by atoms with Gasteiger partial charge < -0.3 is 15.7 Å². The van der Waals surface area contributed by atoms with E-state index in [9.17, 15) is 9.90 Å². The van der Waals surface area contributed by atoms with Gasteiger partial charge in [0.2, 0.25) is 5.91 Å². The van der Waals surface area contributed by atoms with E-state index in [4.69, 9.17) is 5.73 Å². The first-order valence-electron chi connectivity index (χ1n) is 7.24. The molecule has 1 heterocycles. The highest BCUT2D eigenvalue weighted by Gasteiger charge is 2.26. The molecule has 0 atom stereocenters. The molecule has 2 rings (SSSR count). The molecule has 112 valence electrons. The summed E-state index contributed by atoms with van der Waals surface area (Å²) in [6.07, 6.45) is 4.38. The van der Waals surface area contributed by atoms with Crippen LogP contribution in [0.25, 0.3) is 0 Å². The second-order valence-electron chi connectivity index (χ2n) is 5.49. The molecule has 1 saturated carbocycles. The molecule has 1 aliphatic rings. The largest absolute Gasteiger partial charge is 0.396 e. The molecule has 3 N–H and O–H groups in total. The van der Waals surface area contributed by atoms with Gasteiger partial charge in [-0.1, -0.05) is 12.8 Å². The van der Waals surface area contributed by atoms with Crippen molar-refractivity contribution >= 4 is 11.6 Å². The van der Waals surface area contributed by atoms with Crippen LogP contribution in [0.1, 0.15) is 37.1 Å². The van der Waals surface area contributed by atoms with Crippen LogP contribution in [0.4, 0.5) is 5.69 Å². The van der Waals surface area contributed by atoms with Gasteiger partial charge in [0.15, 0.2) is 0 Å². The van der Waals surface area contributed by atoms with E-state index in [1.165, 1.54) is 0 Å². The van der Waals surface area contributed by atoms with Gasteiger partial charge in [0.25, 0.3) is 0 Å². The molecule has 0 radical (unpaired) electrons. The van der Waals surface area contributed by atoms with Gasteiger partial charge in [0.1, 0.15) is 6.54 Å². The standard InChI is InChI=1S/C14H24N4O2/c1-10-14(15)11(2)18(16-10)9-13(20)17(7-8-19)12-5-3-4-6-12/h12,19H,3-9,15H2,1-2H3. The van der Waals surface area contributed by atoms with Gasteiger partial charge in [0.05, 0.1) is 23.7 Å². The Morgan fingerprint density at radius 2 is 2.10 bits per heavy atom. The molecular formula is C14H24N4O2. The predicted octanol–water partition coefficient (Wildman–Crippen LogP) is 0.846. The van der Waals surface area contributed by atoms with Crippen molar-refractivity contribution in [2.24, 2.45) is 0 Å². The monoisotopic (exact) mass is 280 g/mol. The summed E-state index contributed by atoms with van der Waals surface area (Å²) in [7, 11) is 0. The van der Waals surface area contributed by atoms with Crippen molar-refractivity contribution in [1.82, 2.24) is 14.7 Å². The molecule has 0 spiro atoms. The zero-order valence-corrected chi connectivity index (χ0v) is 12.3. The van der Waals surface area contributed by atoms with E-state index in [0.717, 1.165) is 37.1 Å². The number of rotatable bonds is 5. The Bertz CT molecular complexity index is 478. The summed E-state index contributed by atoms with van der Waals surface area (Å²) in [6.45, 7) is 4.31. The van der Waals surface area contributed by atoms with Gasteiger partial charge in [-0.3, -0.25) is 9.48 Å². The average molecular weight is 280 g/mol. The number of aliphatic hydroxyl groups is 1. The van der Waals surface area contributed by atoms with Gasteiger partial charge in [-0.25, -0.2) is 0 Å². The summed E-state index contributed by atoms with van der Waals surface area (Å²) in [4.78, 5) is 14.3. The van der Waals surface area contributed by atoms with Gasteiger partial charge in [-0.15, -0.1) is 0 Å². The molecule has 6 heteroatoms. The molecule has 1 amide bonds. The summed E-state index contributed by atoms with van der Waals surface area (Å²) in [6, 6.07) is 0.268. The Morgan fingerprint density at radius 3 is 2.60 bits per heavy atom. The minimum Gasteiger partial charge on any atom is -0.396 e. The number of aliphatic hydroxyl groups excluding tert-OH is 1. The Morgan fingerprint density at radius 1 is 1.45 bits per heavy atom. The molecular weight excluding hydrogens is 256 g/mol. The predicted molar refractivity (Wildman–Crippen MR) is 77.2 cm³/mol. The summed E-state index contributed by atoms with van der Waals surface area (Å²) in [5.41, 5.74) is 8.11. The number of carbonyl (C=O) groups is 1. The summed E-state index contributed by atoms with van der Waals surface area (Å²) < 4.78 is 1.66. The van der Waals surface area contributed by atoms with Gasteiger partial charge in [0, 0.05) is 12.6 Å². The topological polar surface area (TPSA) is 84.4 Å². The fourth-order valence-electron chi connectivity index (χ4n) is 2.92. The SMILES string of the molecule is Cc1nn(CC(=O)N(CCO)C2CCCC2)c(C)c1N. The number of carbonyl (C=O) groups excluding carboxylic acids is 1. The van der Waals surface area contributed by atoms with Crippen LogP contribution in [0.5, 0.6) is 0 Å². The Hall–Kier alpha value is -1.56. The zero-order valence-electron chi connectivity index (χ0n) is 12.3. The Kier molecular flexibility index (Phi) is 4.65. The van der Waals surface area contributed by atoms with E-state index < -0.39 is 0 Å². The van der Waals surface area contributed by atoms with Crippen LogP contribution in [-0.2, 0) is 11.3 Å². The van der Waals surface area contributed by atoms with Crippen molar-refractivity contribution in [3.8, 4) is 0 Å². The molecule has 0 saturated heterocycles. The van der Waals surface area contributed by atoms with Crippen LogP contribution in [0.2, 0.25) is 0 Å². The van der Waals surface area contributed by atoms with E-state index in [2.05, 4.69) is 5.10 Å². The lowest BCUT2D eigenvalue weighted by Gasteiger charge is -2.28. The number of nitrogens with zero attached hydrogens (tertiary/aromatic N) is 3. The van der Waals surface area contributed by atoms with Crippen molar-refractivity contribution in [3.05, 3.63) is 11.4 Å². The number of amides is 1. The van der Waals surface area contributed by atoms with Crippen LogP contribution < -0.4 is 5.73 Å². The van der Waals surface area contributed by atoms with E-state index in [1.807, 2.05) is 13.8 Å². The Labute approximate surface area is 119 Å². The highest BCUT2D eigenvalue weighted by atomic mass is 16.3. The zero-order chi connectivity index (χ0) is 14.7. The lowest BCUT2D eigenvalue weighted by Crippen LogP contribution is -2.42. The third-order valence-corrected chi connectivity index (χ3v) is 4.15. The molecule has 1 aromatic rings. The van der Waals surface area contributed by atoms with Crippen LogP contribution in [-0.4, -0.2) is 44.9 Å². The van der Waals surface area contributed by atoms with E-state index in [-0.39, 0.29) is 25.1 Å². The smallest absolute Gasteiger partial charge is 0.244 e. The fraction of sp³-hybridized carbons (Fsp3) is 0.714. The third kappa shape index (κ3) is 2.95. The number of hydrogen-bond donors (Lipinski definition) is 2. The van der Waals surface area contributed by atoms with E-state index >= 15 is 0 Å². The highest BCUT2D eigenvalue weighted by molar-refractivity contribution is 5.76. The number of aromatic nitrogens is 2. The van der Waals surface area contributed by atoms with Crippen LogP contribution in [0.15, 0.2) is 0 Å². The Balaban J connectivity index is 2.09. The highest BCUT2D eigenvalue weighted by Crippen LogP contribution is 2.24. The maximum atomic E-state index is 12.5. The molecule has 0 aromatic carbocycles. The second kappa shape index (κ2) is 6.26. The van der Waals surface area contributed by atoms with E-state index in [1.54, 1.807) is 9.58 Å². The second-order valence-corrected chi connectivity index (χ2v) is 5.49. The molecule has 6 nitrogen and oxygen atoms in total. The fourth-order valence-corrected chi connectivity index (χ4v) is 2.92. The molecule has 0 unspecified atom stereocenters. The first kappa shape index (κ1) is 14.8. The molecule has 0 bridgehead atoms. The van der Waals surface area contributed by atoms with Crippen molar-refractivity contribution in [2.45, 2.75) is 52.1 Å². The number of anilines is 1. The van der Waals surface area contributed by atoms with Crippen molar-refractivity contribution in [3.63, 3.8) is 0 Å². The van der Waals surface area contributed by atoms with Crippen molar-refractivity contribution in [1.29, 1.82) is 0 Å². The van der Waals surface area contributed by atoms with Gasteiger partial charge >= 0.3 is 0 Å². The number of nitrogen functional groups attached to an aromatic ring is 1. The quantitative estimate of drug-likeness (QED) is 0.837. The van der Waals surface area contributed by atoms with Crippen LogP contribution in [0, 0.1) is 13.8 Å². The summed E-state index contributed by atoms with van der Waals surface area (Å²) in [5.74, 6) is 0.0107.